The quantitative estimate of drug-likeness (QED) is 0.619. The number of nitrogens with one attached hydrogen (secondary N) is 1. The van der Waals surface area contributed by atoms with Crippen LogP contribution in [0.5, 0.6) is 0 Å². The van der Waals surface area contributed by atoms with Crippen LogP contribution < -0.4 is 5.32 Å². The van der Waals surface area contributed by atoms with Crippen LogP contribution in [-0.2, 0) is 4.79 Å². The summed E-state index contributed by atoms with van der Waals surface area (Å²) in [6.45, 7) is 0.0621. The molecular weight excluding hydrogens is 243 g/mol. The maximum atomic E-state index is 13.3. The molecule has 7 heteroatoms. The third-order valence-corrected chi connectivity index (χ3v) is 3.09. The zero-order valence-electron chi connectivity index (χ0n) is 9.35. The summed E-state index contributed by atoms with van der Waals surface area (Å²) in [5, 5.41) is 22.3. The lowest BCUT2D eigenvalue weighted by Gasteiger charge is -2.12. The van der Waals surface area contributed by atoms with Crippen LogP contribution in [0.1, 0.15) is 12.8 Å². The molecule has 1 aromatic rings. The molecule has 0 bridgehead atoms. The number of hydrogen-bond acceptors (Lipinski definition) is 4. The van der Waals surface area contributed by atoms with Crippen molar-refractivity contribution in [1.29, 1.82) is 0 Å². The van der Waals surface area contributed by atoms with E-state index in [0.29, 0.717) is 12.8 Å². The predicted molar refractivity (Wildman–Crippen MR) is 60.8 cm³/mol. The van der Waals surface area contributed by atoms with E-state index in [0.717, 1.165) is 6.07 Å². The lowest BCUT2D eigenvalue weighted by atomic mass is 10.1. The number of rotatable bonds is 5. The molecule has 0 radical (unpaired) electrons. The second-order valence-electron chi connectivity index (χ2n) is 4.33. The molecular formula is C11H11FN2O4. The standard InChI is InChI=1S/C11H11FN2O4/c12-7-2-1-3-8(9(7)14(17)18)13-6-11(4-5-11)10(15)16/h1-3,13H,4-6H2,(H,15,16). The van der Waals surface area contributed by atoms with Gasteiger partial charge in [-0.05, 0) is 25.0 Å². The van der Waals surface area contributed by atoms with Crippen LogP contribution >= 0.6 is 0 Å². The number of nitro groups is 1. The number of nitro benzene ring substituents is 1. The molecule has 2 N–H and O–H groups in total. The smallest absolute Gasteiger partial charge is 0.327 e. The summed E-state index contributed by atoms with van der Waals surface area (Å²) in [5.74, 6) is -1.88. The molecule has 1 saturated carbocycles. The van der Waals surface area contributed by atoms with Crippen molar-refractivity contribution in [2.45, 2.75) is 12.8 Å². The van der Waals surface area contributed by atoms with Crippen LogP contribution in [0, 0.1) is 21.3 Å². The van der Waals surface area contributed by atoms with Gasteiger partial charge in [0.1, 0.15) is 5.69 Å². The number of hydrogen-bond donors (Lipinski definition) is 2. The Morgan fingerprint density at radius 1 is 1.56 bits per heavy atom. The zero-order chi connectivity index (χ0) is 13.3. The molecule has 0 aliphatic heterocycles. The van der Waals surface area contributed by atoms with E-state index in [-0.39, 0.29) is 12.2 Å². The van der Waals surface area contributed by atoms with E-state index in [2.05, 4.69) is 5.32 Å². The molecule has 0 saturated heterocycles. The summed E-state index contributed by atoms with van der Waals surface area (Å²) in [4.78, 5) is 20.8. The number of benzene rings is 1. The molecule has 0 amide bonds. The number of carboxylic acid groups (broad SMARTS) is 1. The largest absolute Gasteiger partial charge is 0.481 e. The van der Waals surface area contributed by atoms with Crippen molar-refractivity contribution in [2.24, 2.45) is 5.41 Å². The number of carbonyl (C=O) groups is 1. The van der Waals surface area contributed by atoms with E-state index in [4.69, 9.17) is 5.11 Å². The second kappa shape index (κ2) is 4.25. The highest BCUT2D eigenvalue weighted by molar-refractivity contribution is 5.79. The van der Waals surface area contributed by atoms with Gasteiger partial charge in [-0.3, -0.25) is 14.9 Å². The van der Waals surface area contributed by atoms with E-state index in [1.165, 1.54) is 12.1 Å². The van der Waals surface area contributed by atoms with Crippen molar-refractivity contribution in [3.05, 3.63) is 34.1 Å². The summed E-state index contributed by atoms with van der Waals surface area (Å²) >= 11 is 0. The van der Waals surface area contributed by atoms with Gasteiger partial charge < -0.3 is 10.4 Å². The van der Waals surface area contributed by atoms with E-state index < -0.39 is 27.8 Å². The van der Waals surface area contributed by atoms with Gasteiger partial charge in [-0.15, -0.1) is 0 Å². The lowest BCUT2D eigenvalue weighted by Crippen LogP contribution is -2.24. The van der Waals surface area contributed by atoms with Gasteiger partial charge in [0.05, 0.1) is 10.3 Å². The minimum Gasteiger partial charge on any atom is -0.481 e. The molecule has 0 spiro atoms. The lowest BCUT2D eigenvalue weighted by molar-refractivity contribution is -0.386. The molecule has 0 atom stereocenters. The minimum atomic E-state index is -0.940. The number of anilines is 1. The molecule has 1 aliphatic carbocycles. The van der Waals surface area contributed by atoms with Gasteiger partial charge in [0.2, 0.25) is 5.82 Å². The Hall–Kier alpha value is -2.18. The van der Waals surface area contributed by atoms with Crippen molar-refractivity contribution >= 4 is 17.3 Å². The first-order valence-electron chi connectivity index (χ1n) is 5.36. The van der Waals surface area contributed by atoms with E-state index in [1.54, 1.807) is 0 Å². The van der Waals surface area contributed by atoms with Crippen molar-refractivity contribution in [1.82, 2.24) is 0 Å². The fourth-order valence-corrected chi connectivity index (χ4v) is 1.73. The fraction of sp³-hybridized carbons (Fsp3) is 0.364. The SMILES string of the molecule is O=C(O)C1(CNc2cccc(F)c2[N+](=O)[O-])CC1. The second-order valence-corrected chi connectivity index (χ2v) is 4.33. The molecule has 1 aromatic carbocycles. The van der Waals surface area contributed by atoms with Gasteiger partial charge in [0.25, 0.3) is 0 Å². The van der Waals surface area contributed by atoms with Gasteiger partial charge in [-0.25, -0.2) is 0 Å². The molecule has 1 aliphatic rings. The van der Waals surface area contributed by atoms with Crippen LogP contribution in [0.25, 0.3) is 0 Å². The third-order valence-electron chi connectivity index (χ3n) is 3.09. The van der Waals surface area contributed by atoms with Crippen molar-refractivity contribution < 1.29 is 19.2 Å². The van der Waals surface area contributed by atoms with Crippen LogP contribution in [0.15, 0.2) is 18.2 Å². The maximum Gasteiger partial charge on any atom is 0.327 e. The number of nitrogens with zero attached hydrogens (tertiary/aromatic N) is 1. The topological polar surface area (TPSA) is 92.5 Å². The highest BCUT2D eigenvalue weighted by Gasteiger charge is 2.50. The minimum absolute atomic E-state index is 0.00697. The monoisotopic (exact) mass is 254 g/mol. The van der Waals surface area contributed by atoms with Gasteiger partial charge in [0.15, 0.2) is 0 Å². The van der Waals surface area contributed by atoms with Crippen LogP contribution in [0.2, 0.25) is 0 Å². The molecule has 0 heterocycles. The Morgan fingerprint density at radius 3 is 2.72 bits per heavy atom. The van der Waals surface area contributed by atoms with Crippen molar-refractivity contribution in [3.63, 3.8) is 0 Å². The number of para-hydroxylation sites is 1. The Balaban J connectivity index is 2.17. The van der Waals surface area contributed by atoms with Crippen molar-refractivity contribution in [2.75, 3.05) is 11.9 Å². The molecule has 18 heavy (non-hydrogen) atoms. The first kappa shape index (κ1) is 12.3. The molecule has 6 nitrogen and oxygen atoms in total. The maximum absolute atomic E-state index is 13.3. The van der Waals surface area contributed by atoms with E-state index in [1.807, 2.05) is 0 Å². The molecule has 96 valence electrons. The summed E-state index contributed by atoms with van der Waals surface area (Å²) < 4.78 is 13.3. The highest BCUT2D eigenvalue weighted by atomic mass is 19.1. The van der Waals surface area contributed by atoms with E-state index >= 15 is 0 Å². The Kier molecular flexibility index (Phi) is 2.90. The molecule has 0 aromatic heterocycles. The first-order valence-corrected chi connectivity index (χ1v) is 5.36. The normalized spacial score (nSPS) is 16.1. The highest BCUT2D eigenvalue weighted by Crippen LogP contribution is 2.46. The molecule has 0 unspecified atom stereocenters. The van der Waals surface area contributed by atoms with Gasteiger partial charge in [-0.1, -0.05) is 6.07 Å². The molecule has 2 rings (SSSR count). The number of aliphatic carboxylic acids is 1. The fourth-order valence-electron chi connectivity index (χ4n) is 1.73. The summed E-state index contributed by atoms with van der Waals surface area (Å²) in [7, 11) is 0. The Morgan fingerprint density at radius 2 is 2.22 bits per heavy atom. The van der Waals surface area contributed by atoms with Gasteiger partial charge in [0, 0.05) is 6.54 Å². The van der Waals surface area contributed by atoms with Crippen LogP contribution in [-0.4, -0.2) is 22.5 Å². The Bertz CT molecular complexity index is 514. The Labute approximate surface area is 102 Å². The van der Waals surface area contributed by atoms with Crippen LogP contribution in [0.3, 0.4) is 0 Å². The summed E-state index contributed by atoms with van der Waals surface area (Å²) in [5.41, 5.74) is -1.51. The van der Waals surface area contributed by atoms with Crippen LogP contribution in [0.4, 0.5) is 15.8 Å². The average molecular weight is 254 g/mol. The average Bonchev–Trinajstić information content (AvgIpc) is 3.06. The number of carboxylic acids is 1. The molecule has 1 fully saturated rings. The summed E-state index contributed by atoms with van der Waals surface area (Å²) in [6.07, 6.45) is 1.05. The van der Waals surface area contributed by atoms with E-state index in [9.17, 15) is 19.3 Å². The zero-order valence-corrected chi connectivity index (χ0v) is 9.35. The first-order chi connectivity index (χ1) is 8.46. The summed E-state index contributed by atoms with van der Waals surface area (Å²) in [6, 6.07) is 3.69. The predicted octanol–water partition coefficient (Wildman–Crippen LogP) is 2.01. The van der Waals surface area contributed by atoms with Gasteiger partial charge >= 0.3 is 11.7 Å². The third kappa shape index (κ3) is 2.11. The van der Waals surface area contributed by atoms with Gasteiger partial charge in [-0.2, -0.15) is 4.39 Å². The number of halogens is 1. The van der Waals surface area contributed by atoms with Crippen molar-refractivity contribution in [3.8, 4) is 0 Å².